The number of aromatic nitrogens is 2. The van der Waals surface area contributed by atoms with Gasteiger partial charge >= 0.3 is 0 Å². The average molecular weight is 171 g/mol. The lowest BCUT2D eigenvalue weighted by Crippen LogP contribution is -1.86. The number of nitrogens with zero attached hydrogens (tertiary/aromatic N) is 2. The Bertz CT molecular complexity index is 381. The van der Waals surface area contributed by atoms with Crippen LogP contribution in [0.3, 0.4) is 0 Å². The molecule has 0 aliphatic heterocycles. The first kappa shape index (κ1) is 7.73. The number of benzene rings is 1. The van der Waals surface area contributed by atoms with Crippen LogP contribution in [-0.4, -0.2) is 9.97 Å². The second-order valence-corrected chi connectivity index (χ2v) is 2.72. The Morgan fingerprint density at radius 1 is 1.00 bits per heavy atom. The van der Waals surface area contributed by atoms with Crippen LogP contribution in [0.1, 0.15) is 0 Å². The van der Waals surface area contributed by atoms with Crippen LogP contribution in [0.5, 0.6) is 0 Å². The fourth-order valence-corrected chi connectivity index (χ4v) is 1.12. The molecule has 0 aliphatic carbocycles. The molecule has 2 aromatic rings. The van der Waals surface area contributed by atoms with Crippen molar-refractivity contribution >= 4 is 5.69 Å². The number of nitrogen functional groups attached to an aromatic ring is 1. The van der Waals surface area contributed by atoms with Gasteiger partial charge in [0.15, 0.2) is 0 Å². The first-order chi connectivity index (χ1) is 6.36. The SMILES string of the molecule is Nc1ccc(-c2ccncn2)cc1. The number of hydrogen-bond acceptors (Lipinski definition) is 3. The van der Waals surface area contributed by atoms with E-state index in [2.05, 4.69) is 9.97 Å². The Balaban J connectivity index is 2.42. The molecule has 64 valence electrons. The van der Waals surface area contributed by atoms with Crippen molar-refractivity contribution in [3.8, 4) is 11.3 Å². The zero-order valence-corrected chi connectivity index (χ0v) is 7.01. The van der Waals surface area contributed by atoms with Gasteiger partial charge in [-0.05, 0) is 18.2 Å². The Kier molecular flexibility index (Phi) is 1.92. The number of hydrogen-bond donors (Lipinski definition) is 1. The molecule has 0 saturated heterocycles. The molecule has 2 rings (SSSR count). The normalized spacial score (nSPS) is 9.85. The van der Waals surface area contributed by atoms with Crippen molar-refractivity contribution in [1.82, 2.24) is 9.97 Å². The van der Waals surface area contributed by atoms with Gasteiger partial charge in [-0.15, -0.1) is 0 Å². The predicted octanol–water partition coefficient (Wildman–Crippen LogP) is 1.73. The molecule has 2 N–H and O–H groups in total. The highest BCUT2D eigenvalue weighted by molar-refractivity contribution is 5.61. The second-order valence-electron chi connectivity index (χ2n) is 2.72. The molecular weight excluding hydrogens is 162 g/mol. The van der Waals surface area contributed by atoms with E-state index in [0.717, 1.165) is 16.9 Å². The van der Waals surface area contributed by atoms with E-state index in [0.29, 0.717) is 0 Å². The number of nitrogens with two attached hydrogens (primary N) is 1. The minimum atomic E-state index is 0.762. The van der Waals surface area contributed by atoms with Crippen molar-refractivity contribution < 1.29 is 0 Å². The average Bonchev–Trinajstić information content (AvgIpc) is 2.20. The summed E-state index contributed by atoms with van der Waals surface area (Å²) < 4.78 is 0. The Morgan fingerprint density at radius 2 is 1.77 bits per heavy atom. The first-order valence-electron chi connectivity index (χ1n) is 3.98. The maximum atomic E-state index is 5.57. The van der Waals surface area contributed by atoms with Crippen LogP contribution in [0, 0.1) is 0 Å². The molecule has 0 bridgehead atoms. The van der Waals surface area contributed by atoms with Crippen molar-refractivity contribution in [1.29, 1.82) is 0 Å². The molecule has 0 fully saturated rings. The Morgan fingerprint density at radius 3 is 2.38 bits per heavy atom. The highest BCUT2D eigenvalue weighted by Crippen LogP contribution is 2.16. The lowest BCUT2D eigenvalue weighted by Gasteiger charge is -1.99. The van der Waals surface area contributed by atoms with E-state index in [-0.39, 0.29) is 0 Å². The van der Waals surface area contributed by atoms with Crippen molar-refractivity contribution in [2.75, 3.05) is 5.73 Å². The largest absolute Gasteiger partial charge is 0.399 e. The molecule has 0 atom stereocenters. The predicted molar refractivity (Wildman–Crippen MR) is 51.9 cm³/mol. The monoisotopic (exact) mass is 171 g/mol. The van der Waals surface area contributed by atoms with Gasteiger partial charge in [-0.25, -0.2) is 9.97 Å². The fourth-order valence-electron chi connectivity index (χ4n) is 1.12. The van der Waals surface area contributed by atoms with Gasteiger partial charge in [0.1, 0.15) is 6.33 Å². The number of rotatable bonds is 1. The third-order valence-electron chi connectivity index (χ3n) is 1.79. The summed E-state index contributed by atoms with van der Waals surface area (Å²) >= 11 is 0. The topological polar surface area (TPSA) is 51.8 Å². The summed E-state index contributed by atoms with van der Waals surface area (Å²) in [7, 11) is 0. The van der Waals surface area contributed by atoms with Gasteiger partial charge in [-0.1, -0.05) is 12.1 Å². The maximum absolute atomic E-state index is 5.57. The van der Waals surface area contributed by atoms with Crippen molar-refractivity contribution in [3.63, 3.8) is 0 Å². The van der Waals surface area contributed by atoms with Gasteiger partial charge in [0.05, 0.1) is 5.69 Å². The molecule has 0 radical (unpaired) electrons. The van der Waals surface area contributed by atoms with Gasteiger partial charge in [-0.2, -0.15) is 0 Å². The number of anilines is 1. The molecule has 1 aromatic carbocycles. The molecule has 3 heteroatoms. The Hall–Kier alpha value is -1.90. The molecule has 0 saturated carbocycles. The van der Waals surface area contributed by atoms with Crippen LogP contribution in [0.25, 0.3) is 11.3 Å². The van der Waals surface area contributed by atoms with E-state index in [1.807, 2.05) is 30.3 Å². The summed E-state index contributed by atoms with van der Waals surface area (Å²) in [5, 5.41) is 0. The van der Waals surface area contributed by atoms with Crippen molar-refractivity contribution in [3.05, 3.63) is 42.9 Å². The third-order valence-corrected chi connectivity index (χ3v) is 1.79. The smallest absolute Gasteiger partial charge is 0.116 e. The minimum Gasteiger partial charge on any atom is -0.399 e. The van der Waals surface area contributed by atoms with Gasteiger partial charge < -0.3 is 5.73 Å². The molecule has 0 amide bonds. The lowest BCUT2D eigenvalue weighted by atomic mass is 10.1. The molecular formula is C10H9N3. The fraction of sp³-hybridized carbons (Fsp3) is 0. The quantitative estimate of drug-likeness (QED) is 0.665. The summed E-state index contributed by atoms with van der Waals surface area (Å²) in [4.78, 5) is 7.98. The van der Waals surface area contributed by atoms with E-state index in [1.165, 1.54) is 6.33 Å². The third kappa shape index (κ3) is 1.64. The van der Waals surface area contributed by atoms with Crippen LogP contribution in [-0.2, 0) is 0 Å². The van der Waals surface area contributed by atoms with Gasteiger partial charge in [0.25, 0.3) is 0 Å². The van der Waals surface area contributed by atoms with Crippen LogP contribution in [0.4, 0.5) is 5.69 Å². The maximum Gasteiger partial charge on any atom is 0.116 e. The van der Waals surface area contributed by atoms with E-state index >= 15 is 0 Å². The summed E-state index contributed by atoms with van der Waals surface area (Å²) in [6, 6.07) is 9.47. The summed E-state index contributed by atoms with van der Waals surface area (Å²) in [5.74, 6) is 0. The van der Waals surface area contributed by atoms with Gasteiger partial charge in [0, 0.05) is 17.4 Å². The van der Waals surface area contributed by atoms with E-state index in [4.69, 9.17) is 5.73 Å². The first-order valence-corrected chi connectivity index (χ1v) is 3.98. The summed E-state index contributed by atoms with van der Waals surface area (Å²) in [6.07, 6.45) is 3.25. The minimum absolute atomic E-state index is 0.762. The van der Waals surface area contributed by atoms with Crippen molar-refractivity contribution in [2.45, 2.75) is 0 Å². The summed E-state index contributed by atoms with van der Waals surface area (Å²) in [5.41, 5.74) is 8.30. The van der Waals surface area contributed by atoms with Crippen LogP contribution >= 0.6 is 0 Å². The standard InChI is InChI=1S/C10H9N3/c11-9-3-1-8(2-4-9)10-5-6-12-7-13-10/h1-7H,11H2. The summed E-state index contributed by atoms with van der Waals surface area (Å²) in [6.45, 7) is 0. The highest BCUT2D eigenvalue weighted by Gasteiger charge is 1.96. The van der Waals surface area contributed by atoms with Crippen LogP contribution < -0.4 is 5.73 Å². The molecule has 0 aliphatic rings. The highest BCUT2D eigenvalue weighted by atomic mass is 14.8. The van der Waals surface area contributed by atoms with Gasteiger partial charge in [-0.3, -0.25) is 0 Å². The Labute approximate surface area is 76.3 Å². The van der Waals surface area contributed by atoms with Gasteiger partial charge in [0.2, 0.25) is 0 Å². The van der Waals surface area contributed by atoms with Crippen molar-refractivity contribution in [2.24, 2.45) is 0 Å². The van der Waals surface area contributed by atoms with E-state index in [9.17, 15) is 0 Å². The molecule has 1 heterocycles. The second kappa shape index (κ2) is 3.23. The van der Waals surface area contributed by atoms with Crippen LogP contribution in [0.15, 0.2) is 42.9 Å². The lowest BCUT2D eigenvalue weighted by molar-refractivity contribution is 1.17. The molecule has 1 aromatic heterocycles. The van der Waals surface area contributed by atoms with Crippen LogP contribution in [0.2, 0.25) is 0 Å². The molecule has 3 nitrogen and oxygen atoms in total. The molecule has 0 unspecified atom stereocenters. The van der Waals surface area contributed by atoms with E-state index in [1.54, 1.807) is 6.20 Å². The zero-order chi connectivity index (χ0) is 9.10. The van der Waals surface area contributed by atoms with E-state index < -0.39 is 0 Å². The molecule has 13 heavy (non-hydrogen) atoms. The molecule has 0 spiro atoms. The zero-order valence-electron chi connectivity index (χ0n) is 7.01.